The zero-order valence-corrected chi connectivity index (χ0v) is 19.0. The topological polar surface area (TPSA) is 137 Å². The molecule has 33 heavy (non-hydrogen) atoms. The normalized spacial score (nSPS) is 21.5. The number of phenolic OH excluding ortho intramolecular Hbond substituents is 2. The lowest BCUT2D eigenvalue weighted by atomic mass is 9.95. The van der Waals surface area contributed by atoms with E-state index in [1.165, 1.54) is 27.8 Å². The molecule has 1 aliphatic heterocycles. The lowest BCUT2D eigenvalue weighted by Gasteiger charge is -2.41. The van der Waals surface area contributed by atoms with Crippen LogP contribution in [0.4, 0.5) is 0 Å². The second-order valence-electron chi connectivity index (χ2n) is 9.11. The summed E-state index contributed by atoms with van der Waals surface area (Å²) in [4.78, 5) is 40.3. The third-order valence-corrected chi connectivity index (χ3v) is 6.76. The molecule has 1 fully saturated rings. The van der Waals surface area contributed by atoms with Crippen molar-refractivity contribution in [3.8, 4) is 11.5 Å². The van der Waals surface area contributed by atoms with E-state index in [0.717, 1.165) is 25.7 Å². The molecular weight excluding hydrogens is 426 g/mol. The molecule has 0 radical (unpaired) electrons. The Kier molecular flexibility index (Phi) is 5.77. The molecule has 2 unspecified atom stereocenters. The maximum Gasteiger partial charge on any atom is 0.272 e. The third-order valence-electron chi connectivity index (χ3n) is 6.76. The number of likely N-dealkylation sites (N-methyl/N-ethyl adjacent to an activating group) is 1. The van der Waals surface area contributed by atoms with E-state index in [-0.39, 0.29) is 47.3 Å². The quantitative estimate of drug-likeness (QED) is 0.507. The van der Waals surface area contributed by atoms with E-state index in [4.69, 9.17) is 0 Å². The number of carbonyl (C=O) groups is 3. The molecule has 2 heterocycles. The molecule has 4 rings (SSSR count). The van der Waals surface area contributed by atoms with Gasteiger partial charge >= 0.3 is 0 Å². The largest absolute Gasteiger partial charge is 0.504 e. The van der Waals surface area contributed by atoms with E-state index in [1.54, 1.807) is 27.0 Å². The highest BCUT2D eigenvalue weighted by atomic mass is 16.3. The average molecular weight is 456 g/mol. The average Bonchev–Trinajstić information content (AvgIpc) is 3.44. The van der Waals surface area contributed by atoms with Gasteiger partial charge in [-0.3, -0.25) is 19.1 Å². The molecule has 2 aliphatic rings. The molecule has 1 saturated carbocycles. The highest BCUT2D eigenvalue weighted by Gasteiger charge is 2.47. The number of nitrogens with zero attached hydrogens (tertiary/aromatic N) is 3. The molecule has 3 amide bonds. The first kappa shape index (κ1) is 22.6. The summed E-state index contributed by atoms with van der Waals surface area (Å²) >= 11 is 0. The standard InChI is InChI=1S/C23H29N5O5/c1-13(14-8-9-18(29)19(30)10-14)24-20(31)16-11-17-21(32)27(3)23(2,12-28(17)26-16)22(33)25-15-6-4-5-7-15/h8-11,13,15,29-30H,4-7,12H2,1-3H3,(H,24,31)(H,25,33). The van der Waals surface area contributed by atoms with Crippen molar-refractivity contribution < 1.29 is 24.6 Å². The van der Waals surface area contributed by atoms with Crippen LogP contribution in [0.15, 0.2) is 24.3 Å². The van der Waals surface area contributed by atoms with Crippen molar-refractivity contribution >= 4 is 17.7 Å². The molecule has 10 heteroatoms. The summed E-state index contributed by atoms with van der Waals surface area (Å²) in [5.74, 6) is -1.63. The number of fused-ring (bicyclic) bond motifs is 1. The zero-order chi connectivity index (χ0) is 23.9. The Morgan fingerprint density at radius 3 is 2.55 bits per heavy atom. The van der Waals surface area contributed by atoms with Gasteiger partial charge in [-0.2, -0.15) is 5.10 Å². The first-order valence-corrected chi connectivity index (χ1v) is 11.1. The SMILES string of the molecule is CC(NC(=O)c1cc2n(n1)CC(C)(C(=O)NC1CCCC1)N(C)C2=O)c1ccc(O)c(O)c1. The number of carbonyl (C=O) groups excluding carboxylic acids is 3. The summed E-state index contributed by atoms with van der Waals surface area (Å²) in [5.41, 5.74) is -0.233. The fraction of sp³-hybridized carbons (Fsp3) is 0.478. The van der Waals surface area contributed by atoms with Crippen LogP contribution in [0.25, 0.3) is 0 Å². The van der Waals surface area contributed by atoms with Gasteiger partial charge in [0.15, 0.2) is 17.2 Å². The lowest BCUT2D eigenvalue weighted by Crippen LogP contribution is -2.63. The van der Waals surface area contributed by atoms with Crippen molar-refractivity contribution in [3.63, 3.8) is 0 Å². The number of hydrogen-bond donors (Lipinski definition) is 4. The van der Waals surface area contributed by atoms with Gasteiger partial charge in [-0.15, -0.1) is 0 Å². The van der Waals surface area contributed by atoms with Crippen LogP contribution in [0.3, 0.4) is 0 Å². The molecule has 10 nitrogen and oxygen atoms in total. The smallest absolute Gasteiger partial charge is 0.272 e. The highest BCUT2D eigenvalue weighted by Crippen LogP contribution is 2.29. The van der Waals surface area contributed by atoms with E-state index >= 15 is 0 Å². The first-order valence-electron chi connectivity index (χ1n) is 11.1. The number of aromatic hydroxyl groups is 2. The molecule has 1 aromatic carbocycles. The molecule has 176 valence electrons. The summed E-state index contributed by atoms with van der Waals surface area (Å²) in [6.07, 6.45) is 4.04. The van der Waals surface area contributed by atoms with Crippen molar-refractivity contribution in [1.29, 1.82) is 0 Å². The lowest BCUT2D eigenvalue weighted by molar-refractivity contribution is -0.133. The van der Waals surface area contributed by atoms with Crippen molar-refractivity contribution in [2.45, 2.75) is 63.7 Å². The summed E-state index contributed by atoms with van der Waals surface area (Å²) in [6.45, 7) is 3.57. The van der Waals surface area contributed by atoms with Gasteiger partial charge in [0.2, 0.25) is 5.91 Å². The van der Waals surface area contributed by atoms with Crippen LogP contribution in [-0.4, -0.2) is 61.2 Å². The van der Waals surface area contributed by atoms with Gasteiger partial charge in [-0.05, 0) is 44.4 Å². The highest BCUT2D eigenvalue weighted by molar-refractivity contribution is 6.01. The Morgan fingerprint density at radius 1 is 1.18 bits per heavy atom. The maximum absolute atomic E-state index is 13.1. The number of benzene rings is 1. The molecule has 0 bridgehead atoms. The van der Waals surface area contributed by atoms with Crippen molar-refractivity contribution in [1.82, 2.24) is 25.3 Å². The Balaban J connectivity index is 1.51. The predicted molar refractivity (Wildman–Crippen MR) is 119 cm³/mol. The van der Waals surface area contributed by atoms with E-state index in [1.807, 2.05) is 0 Å². The minimum atomic E-state index is -1.12. The molecule has 1 aliphatic carbocycles. The van der Waals surface area contributed by atoms with E-state index in [9.17, 15) is 24.6 Å². The van der Waals surface area contributed by atoms with Gasteiger partial charge in [-0.1, -0.05) is 18.9 Å². The van der Waals surface area contributed by atoms with Gasteiger partial charge in [0.25, 0.3) is 11.8 Å². The van der Waals surface area contributed by atoms with Gasteiger partial charge in [-0.25, -0.2) is 0 Å². The minimum absolute atomic E-state index is 0.0575. The summed E-state index contributed by atoms with van der Waals surface area (Å²) in [6, 6.07) is 5.36. The molecule has 2 aromatic rings. The van der Waals surface area contributed by atoms with Crippen LogP contribution in [-0.2, 0) is 11.3 Å². The fourth-order valence-corrected chi connectivity index (χ4v) is 4.41. The van der Waals surface area contributed by atoms with Gasteiger partial charge in [0.05, 0.1) is 12.6 Å². The van der Waals surface area contributed by atoms with Crippen LogP contribution in [0, 0.1) is 0 Å². The summed E-state index contributed by atoms with van der Waals surface area (Å²) in [5, 5.41) is 29.3. The first-order chi connectivity index (χ1) is 15.6. The summed E-state index contributed by atoms with van der Waals surface area (Å²) in [7, 11) is 1.59. The minimum Gasteiger partial charge on any atom is -0.504 e. The van der Waals surface area contributed by atoms with Gasteiger partial charge in [0, 0.05) is 19.2 Å². The number of aromatic nitrogens is 2. The molecule has 2 atom stereocenters. The van der Waals surface area contributed by atoms with Crippen LogP contribution < -0.4 is 10.6 Å². The Bertz CT molecular complexity index is 1110. The van der Waals surface area contributed by atoms with Crippen LogP contribution in [0.5, 0.6) is 11.5 Å². The van der Waals surface area contributed by atoms with E-state index in [0.29, 0.717) is 5.56 Å². The molecule has 0 saturated heterocycles. The number of amides is 3. The number of nitrogens with one attached hydrogen (secondary N) is 2. The second kappa shape index (κ2) is 8.42. The molecular formula is C23H29N5O5. The Morgan fingerprint density at radius 2 is 1.88 bits per heavy atom. The fourth-order valence-electron chi connectivity index (χ4n) is 4.41. The van der Waals surface area contributed by atoms with E-state index in [2.05, 4.69) is 15.7 Å². The second-order valence-corrected chi connectivity index (χ2v) is 9.11. The number of hydrogen-bond acceptors (Lipinski definition) is 6. The van der Waals surface area contributed by atoms with Crippen molar-refractivity contribution in [3.05, 3.63) is 41.2 Å². The van der Waals surface area contributed by atoms with Crippen LogP contribution >= 0.6 is 0 Å². The van der Waals surface area contributed by atoms with Crippen molar-refractivity contribution in [2.75, 3.05) is 7.05 Å². The number of rotatable bonds is 5. The maximum atomic E-state index is 13.1. The molecule has 1 aromatic heterocycles. The zero-order valence-electron chi connectivity index (χ0n) is 19.0. The van der Waals surface area contributed by atoms with Crippen LogP contribution in [0.1, 0.15) is 72.1 Å². The molecule has 4 N–H and O–H groups in total. The third kappa shape index (κ3) is 4.12. The van der Waals surface area contributed by atoms with Crippen LogP contribution in [0.2, 0.25) is 0 Å². The van der Waals surface area contributed by atoms with E-state index < -0.39 is 17.5 Å². The monoisotopic (exact) mass is 455 g/mol. The Labute approximate surface area is 191 Å². The van der Waals surface area contributed by atoms with Crippen molar-refractivity contribution in [2.24, 2.45) is 0 Å². The summed E-state index contributed by atoms with van der Waals surface area (Å²) < 4.78 is 1.42. The number of phenols is 2. The van der Waals surface area contributed by atoms with Gasteiger partial charge < -0.3 is 25.7 Å². The van der Waals surface area contributed by atoms with Gasteiger partial charge in [0.1, 0.15) is 11.2 Å². The Hall–Kier alpha value is -3.56. The predicted octanol–water partition coefficient (Wildman–Crippen LogP) is 1.69. The molecule has 0 spiro atoms.